The van der Waals surface area contributed by atoms with Crippen molar-refractivity contribution in [1.29, 1.82) is 0 Å². The number of aliphatic hydroxyl groups excluding tert-OH is 1. The first kappa shape index (κ1) is 14.6. The molecule has 2 aliphatic rings. The Morgan fingerprint density at radius 3 is 2.86 bits per heavy atom. The molecule has 0 saturated carbocycles. The van der Waals surface area contributed by atoms with Crippen LogP contribution >= 0.6 is 0 Å². The highest BCUT2D eigenvalue weighted by molar-refractivity contribution is 5.97. The number of aliphatic hydroxyl groups is 1. The lowest BCUT2D eigenvalue weighted by atomic mass is 10.0. The van der Waals surface area contributed by atoms with Crippen LogP contribution in [0, 0.1) is 6.92 Å². The standard InChI is InChI=1S/C15H23N3O3/c1-11-8-16-13-2-3-18(15(20)14(11)13)10-12(19)9-17-4-6-21-7-5-17/h8,12,16,19H,2-7,9-10H2,1H3/t12-/m1/s1. The average Bonchev–Trinajstić information content (AvgIpc) is 2.85. The quantitative estimate of drug-likeness (QED) is 0.821. The number of nitrogens with zero attached hydrogens (tertiary/aromatic N) is 2. The third-order valence-corrected chi connectivity index (χ3v) is 4.30. The van der Waals surface area contributed by atoms with Gasteiger partial charge in [-0.05, 0) is 12.5 Å². The van der Waals surface area contributed by atoms with Crippen LogP contribution in [0.4, 0.5) is 0 Å². The molecule has 2 aliphatic heterocycles. The fraction of sp³-hybridized carbons (Fsp3) is 0.667. The molecule has 0 bridgehead atoms. The predicted octanol–water partition coefficient (Wildman–Crippen LogP) is 0.0145. The lowest BCUT2D eigenvalue weighted by Gasteiger charge is -2.32. The van der Waals surface area contributed by atoms with Crippen LogP contribution in [0.5, 0.6) is 0 Å². The van der Waals surface area contributed by atoms with Crippen molar-refractivity contribution in [2.75, 3.05) is 45.9 Å². The number of nitrogens with one attached hydrogen (secondary N) is 1. The van der Waals surface area contributed by atoms with Crippen molar-refractivity contribution < 1.29 is 14.6 Å². The monoisotopic (exact) mass is 293 g/mol. The van der Waals surface area contributed by atoms with Gasteiger partial charge in [-0.2, -0.15) is 0 Å². The molecule has 0 unspecified atom stereocenters. The van der Waals surface area contributed by atoms with Crippen molar-refractivity contribution in [3.05, 3.63) is 23.0 Å². The lowest BCUT2D eigenvalue weighted by molar-refractivity contribution is 0.00679. The summed E-state index contributed by atoms with van der Waals surface area (Å²) in [4.78, 5) is 19.6. The van der Waals surface area contributed by atoms with E-state index in [2.05, 4.69) is 9.88 Å². The number of morpholine rings is 1. The SMILES string of the molecule is Cc1c[nH]c2c1C(=O)N(C[C@H](O)CN1CCOCC1)CC2. The number of H-pyrrole nitrogens is 1. The number of β-amino-alcohol motifs (C(OH)–C–C–N with tert-alkyl or cyclic N) is 1. The highest BCUT2D eigenvalue weighted by atomic mass is 16.5. The first-order chi connectivity index (χ1) is 10.1. The van der Waals surface area contributed by atoms with Crippen molar-refractivity contribution in [2.45, 2.75) is 19.4 Å². The smallest absolute Gasteiger partial charge is 0.256 e. The van der Waals surface area contributed by atoms with E-state index in [0.29, 0.717) is 19.6 Å². The minimum absolute atomic E-state index is 0.0380. The number of carbonyl (C=O) groups excluding carboxylic acids is 1. The number of rotatable bonds is 4. The Hall–Kier alpha value is -1.37. The summed E-state index contributed by atoms with van der Waals surface area (Å²) < 4.78 is 5.30. The Balaban J connectivity index is 1.58. The molecule has 1 aromatic heterocycles. The maximum atomic E-state index is 12.5. The van der Waals surface area contributed by atoms with Gasteiger partial charge in [0.15, 0.2) is 0 Å². The Labute approximate surface area is 124 Å². The molecular weight excluding hydrogens is 270 g/mol. The Bertz CT molecular complexity index is 508. The molecule has 0 spiro atoms. The van der Waals surface area contributed by atoms with E-state index in [9.17, 15) is 9.90 Å². The third-order valence-electron chi connectivity index (χ3n) is 4.30. The Morgan fingerprint density at radius 2 is 2.10 bits per heavy atom. The summed E-state index contributed by atoms with van der Waals surface area (Å²) in [5.41, 5.74) is 2.80. The summed E-state index contributed by atoms with van der Waals surface area (Å²) in [5, 5.41) is 10.3. The highest BCUT2D eigenvalue weighted by Gasteiger charge is 2.29. The van der Waals surface area contributed by atoms with E-state index < -0.39 is 6.10 Å². The van der Waals surface area contributed by atoms with Gasteiger partial charge in [0.2, 0.25) is 0 Å². The second-order valence-electron chi connectivity index (χ2n) is 5.89. The topological polar surface area (TPSA) is 68.8 Å². The number of amides is 1. The predicted molar refractivity (Wildman–Crippen MR) is 78.4 cm³/mol. The van der Waals surface area contributed by atoms with Crippen molar-refractivity contribution >= 4 is 5.91 Å². The average molecular weight is 293 g/mol. The van der Waals surface area contributed by atoms with Crippen LogP contribution in [0.2, 0.25) is 0 Å². The van der Waals surface area contributed by atoms with Gasteiger partial charge in [-0.3, -0.25) is 9.69 Å². The number of ether oxygens (including phenoxy) is 1. The van der Waals surface area contributed by atoms with Crippen LogP contribution in [-0.4, -0.2) is 77.8 Å². The molecule has 1 atom stereocenters. The summed E-state index contributed by atoms with van der Waals surface area (Å²) in [6.07, 6.45) is 2.21. The summed E-state index contributed by atoms with van der Waals surface area (Å²) in [6, 6.07) is 0. The van der Waals surface area contributed by atoms with Gasteiger partial charge in [-0.15, -0.1) is 0 Å². The van der Waals surface area contributed by atoms with E-state index in [1.54, 1.807) is 4.90 Å². The fourth-order valence-electron chi connectivity index (χ4n) is 3.15. The van der Waals surface area contributed by atoms with Crippen molar-refractivity contribution in [2.24, 2.45) is 0 Å². The zero-order chi connectivity index (χ0) is 14.8. The number of fused-ring (bicyclic) bond motifs is 1. The highest BCUT2D eigenvalue weighted by Crippen LogP contribution is 2.21. The lowest BCUT2D eigenvalue weighted by Crippen LogP contribution is -2.47. The summed E-state index contributed by atoms with van der Waals surface area (Å²) in [5.74, 6) is 0.0380. The van der Waals surface area contributed by atoms with Crippen LogP contribution < -0.4 is 0 Å². The Kier molecular flexibility index (Phi) is 4.28. The summed E-state index contributed by atoms with van der Waals surface area (Å²) >= 11 is 0. The van der Waals surface area contributed by atoms with Gasteiger partial charge in [0.25, 0.3) is 5.91 Å². The number of aryl methyl sites for hydroxylation is 1. The number of hydrogen-bond donors (Lipinski definition) is 2. The van der Waals surface area contributed by atoms with Gasteiger partial charge in [-0.25, -0.2) is 0 Å². The zero-order valence-electron chi connectivity index (χ0n) is 12.5. The summed E-state index contributed by atoms with van der Waals surface area (Å²) in [6.45, 7) is 6.78. The van der Waals surface area contributed by atoms with Gasteiger partial charge in [-0.1, -0.05) is 0 Å². The van der Waals surface area contributed by atoms with Crippen LogP contribution in [0.3, 0.4) is 0 Å². The van der Waals surface area contributed by atoms with E-state index in [1.165, 1.54) is 0 Å². The molecule has 21 heavy (non-hydrogen) atoms. The van der Waals surface area contributed by atoms with Gasteiger partial charge < -0.3 is 19.7 Å². The molecule has 0 aliphatic carbocycles. The van der Waals surface area contributed by atoms with Crippen molar-refractivity contribution in [3.63, 3.8) is 0 Å². The van der Waals surface area contributed by atoms with Gasteiger partial charge in [0.05, 0.1) is 24.9 Å². The van der Waals surface area contributed by atoms with Crippen molar-refractivity contribution in [3.8, 4) is 0 Å². The van der Waals surface area contributed by atoms with E-state index in [0.717, 1.165) is 49.5 Å². The van der Waals surface area contributed by atoms with Crippen LogP contribution in [0.1, 0.15) is 21.6 Å². The molecule has 1 fully saturated rings. The number of aromatic nitrogens is 1. The maximum Gasteiger partial charge on any atom is 0.256 e. The molecular formula is C15H23N3O3. The molecule has 3 heterocycles. The molecule has 6 nitrogen and oxygen atoms in total. The number of carbonyl (C=O) groups is 1. The van der Waals surface area contributed by atoms with Gasteiger partial charge in [0, 0.05) is 51.0 Å². The second kappa shape index (κ2) is 6.17. The van der Waals surface area contributed by atoms with E-state index >= 15 is 0 Å². The molecule has 116 valence electrons. The molecule has 1 saturated heterocycles. The van der Waals surface area contributed by atoms with Crippen LogP contribution in [0.25, 0.3) is 0 Å². The van der Waals surface area contributed by atoms with Crippen molar-refractivity contribution in [1.82, 2.24) is 14.8 Å². The molecule has 3 rings (SSSR count). The van der Waals surface area contributed by atoms with Gasteiger partial charge in [0.1, 0.15) is 0 Å². The molecule has 0 aromatic carbocycles. The number of aromatic amines is 1. The summed E-state index contributed by atoms with van der Waals surface area (Å²) in [7, 11) is 0. The fourth-order valence-corrected chi connectivity index (χ4v) is 3.15. The van der Waals surface area contributed by atoms with E-state index in [1.807, 2.05) is 13.1 Å². The van der Waals surface area contributed by atoms with Crippen LogP contribution in [0.15, 0.2) is 6.20 Å². The second-order valence-corrected chi connectivity index (χ2v) is 5.89. The molecule has 6 heteroatoms. The first-order valence-corrected chi connectivity index (χ1v) is 7.59. The minimum atomic E-state index is -0.507. The normalized spacial score (nSPS) is 21.4. The molecule has 1 aromatic rings. The zero-order valence-corrected chi connectivity index (χ0v) is 12.5. The first-order valence-electron chi connectivity index (χ1n) is 7.59. The largest absolute Gasteiger partial charge is 0.390 e. The molecule has 2 N–H and O–H groups in total. The van der Waals surface area contributed by atoms with Crippen LogP contribution in [-0.2, 0) is 11.2 Å². The van der Waals surface area contributed by atoms with E-state index in [-0.39, 0.29) is 5.91 Å². The Morgan fingerprint density at radius 1 is 1.33 bits per heavy atom. The third kappa shape index (κ3) is 3.12. The minimum Gasteiger partial charge on any atom is -0.390 e. The molecule has 1 amide bonds. The van der Waals surface area contributed by atoms with Gasteiger partial charge >= 0.3 is 0 Å². The van der Waals surface area contributed by atoms with E-state index in [4.69, 9.17) is 4.74 Å². The maximum absolute atomic E-state index is 12.5. The number of hydrogen-bond acceptors (Lipinski definition) is 4. The molecule has 0 radical (unpaired) electrons.